The predicted octanol–water partition coefficient (Wildman–Crippen LogP) is -1.02. The minimum Gasteiger partial charge on any atom is -0.409 e. The molecule has 1 unspecified atom stereocenters. The Morgan fingerprint density at radius 1 is 1.65 bits per heavy atom. The highest BCUT2D eigenvalue weighted by Gasteiger charge is 2.38. The summed E-state index contributed by atoms with van der Waals surface area (Å²) in [5.74, 6) is -0.371. The van der Waals surface area contributed by atoms with E-state index < -0.39 is 5.41 Å². The van der Waals surface area contributed by atoms with E-state index in [2.05, 4.69) is 5.16 Å². The van der Waals surface area contributed by atoms with E-state index in [-0.39, 0.29) is 24.5 Å². The number of amidine groups is 1. The van der Waals surface area contributed by atoms with Gasteiger partial charge in [0.2, 0.25) is 5.91 Å². The Kier molecular flexibility index (Phi) is 4.30. The van der Waals surface area contributed by atoms with Crippen molar-refractivity contribution in [2.45, 2.75) is 20.0 Å². The lowest BCUT2D eigenvalue weighted by atomic mass is 9.90. The van der Waals surface area contributed by atoms with Gasteiger partial charge in [0.1, 0.15) is 5.41 Å². The first-order chi connectivity index (χ1) is 7.93. The van der Waals surface area contributed by atoms with Gasteiger partial charge in [-0.3, -0.25) is 4.79 Å². The van der Waals surface area contributed by atoms with Crippen molar-refractivity contribution >= 4 is 11.7 Å². The maximum atomic E-state index is 12.2. The third-order valence-corrected chi connectivity index (χ3v) is 2.91. The topological polar surface area (TPSA) is 108 Å². The molecule has 1 atom stereocenters. The van der Waals surface area contributed by atoms with Gasteiger partial charge in [-0.2, -0.15) is 0 Å². The van der Waals surface area contributed by atoms with Gasteiger partial charge in [0.25, 0.3) is 0 Å². The molecule has 0 aromatic carbocycles. The third-order valence-electron chi connectivity index (χ3n) is 2.91. The maximum absolute atomic E-state index is 12.2. The lowest BCUT2D eigenvalue weighted by molar-refractivity contribution is -0.146. The Morgan fingerprint density at radius 3 is 2.82 bits per heavy atom. The Hall–Kier alpha value is -1.34. The highest BCUT2D eigenvalue weighted by Crippen LogP contribution is 2.21. The van der Waals surface area contributed by atoms with E-state index >= 15 is 0 Å². The quantitative estimate of drug-likeness (QED) is 0.255. The maximum Gasteiger partial charge on any atom is 0.236 e. The number of morpholine rings is 1. The second kappa shape index (κ2) is 5.33. The molecule has 0 bridgehead atoms. The van der Waals surface area contributed by atoms with Gasteiger partial charge in [-0.25, -0.2) is 0 Å². The van der Waals surface area contributed by atoms with Gasteiger partial charge < -0.3 is 25.7 Å². The zero-order valence-corrected chi connectivity index (χ0v) is 10.1. The summed E-state index contributed by atoms with van der Waals surface area (Å²) >= 11 is 0. The zero-order chi connectivity index (χ0) is 13.1. The Balaban J connectivity index is 2.75. The predicted molar refractivity (Wildman–Crippen MR) is 60.6 cm³/mol. The van der Waals surface area contributed by atoms with Gasteiger partial charge in [-0.05, 0) is 13.8 Å². The molecule has 4 N–H and O–H groups in total. The first kappa shape index (κ1) is 13.7. The molecule has 0 aromatic heterocycles. The molecule has 0 aromatic rings. The molecule has 98 valence electrons. The van der Waals surface area contributed by atoms with Gasteiger partial charge in [-0.1, -0.05) is 5.16 Å². The van der Waals surface area contributed by atoms with E-state index in [1.54, 1.807) is 18.7 Å². The average Bonchev–Trinajstić information content (AvgIpc) is 2.36. The molecule has 1 amide bonds. The molecule has 1 rings (SSSR count). The summed E-state index contributed by atoms with van der Waals surface area (Å²) < 4.78 is 5.25. The molecular weight excluding hydrogens is 226 g/mol. The molecule has 7 nitrogen and oxygen atoms in total. The number of carbonyl (C=O) groups excluding carboxylic acids is 1. The molecule has 17 heavy (non-hydrogen) atoms. The third kappa shape index (κ3) is 2.86. The lowest BCUT2D eigenvalue weighted by Gasteiger charge is -2.36. The van der Waals surface area contributed by atoms with Crippen LogP contribution < -0.4 is 5.73 Å². The smallest absolute Gasteiger partial charge is 0.236 e. The minimum absolute atomic E-state index is 0.130. The van der Waals surface area contributed by atoms with E-state index in [1.165, 1.54) is 0 Å². The molecule has 1 fully saturated rings. The fourth-order valence-electron chi connectivity index (χ4n) is 1.64. The Labute approximate surface area is 99.8 Å². The number of ether oxygens (including phenoxy) is 1. The lowest BCUT2D eigenvalue weighted by Crippen LogP contribution is -2.54. The Bertz CT molecular complexity index is 317. The van der Waals surface area contributed by atoms with Crippen LogP contribution in [0.15, 0.2) is 5.16 Å². The molecule has 0 radical (unpaired) electrons. The van der Waals surface area contributed by atoms with Crippen LogP contribution in [0.1, 0.15) is 13.8 Å². The van der Waals surface area contributed by atoms with Gasteiger partial charge >= 0.3 is 0 Å². The summed E-state index contributed by atoms with van der Waals surface area (Å²) in [6.45, 7) is 4.19. The van der Waals surface area contributed by atoms with Gasteiger partial charge in [0.15, 0.2) is 5.84 Å². The van der Waals surface area contributed by atoms with Crippen molar-refractivity contribution in [1.29, 1.82) is 0 Å². The number of carbonyl (C=O) groups is 1. The number of hydrogen-bond donors (Lipinski definition) is 3. The standard InChI is InChI=1S/C10H19N3O4/c1-10(2,8(11)12-16)9(15)13-3-4-17-7(5-13)6-14/h7,14,16H,3-6H2,1-2H3,(H2,11,12). The van der Waals surface area contributed by atoms with Crippen molar-refractivity contribution in [3.63, 3.8) is 0 Å². The van der Waals surface area contributed by atoms with Crippen molar-refractivity contribution in [2.75, 3.05) is 26.3 Å². The molecule has 0 saturated carbocycles. The van der Waals surface area contributed by atoms with Crippen LogP contribution in [0, 0.1) is 5.41 Å². The average molecular weight is 245 g/mol. The van der Waals surface area contributed by atoms with Gasteiger partial charge in [0.05, 0.1) is 19.3 Å². The first-order valence-electron chi connectivity index (χ1n) is 5.43. The number of oxime groups is 1. The Morgan fingerprint density at radius 2 is 2.29 bits per heavy atom. The number of rotatable bonds is 3. The van der Waals surface area contributed by atoms with Crippen LogP contribution in [-0.4, -0.2) is 59.4 Å². The minimum atomic E-state index is -1.06. The molecule has 7 heteroatoms. The van der Waals surface area contributed by atoms with Crippen LogP contribution >= 0.6 is 0 Å². The van der Waals surface area contributed by atoms with E-state index in [4.69, 9.17) is 20.8 Å². The molecular formula is C10H19N3O4. The molecule has 1 heterocycles. The van der Waals surface area contributed by atoms with Crippen LogP contribution in [-0.2, 0) is 9.53 Å². The molecule has 1 aliphatic heterocycles. The highest BCUT2D eigenvalue weighted by molar-refractivity contribution is 6.05. The highest BCUT2D eigenvalue weighted by atomic mass is 16.5. The molecule has 0 spiro atoms. The van der Waals surface area contributed by atoms with Crippen LogP contribution in [0.5, 0.6) is 0 Å². The van der Waals surface area contributed by atoms with Crippen LogP contribution in [0.4, 0.5) is 0 Å². The summed E-state index contributed by atoms with van der Waals surface area (Å²) in [7, 11) is 0. The van der Waals surface area contributed by atoms with Crippen LogP contribution in [0.2, 0.25) is 0 Å². The van der Waals surface area contributed by atoms with Crippen LogP contribution in [0.3, 0.4) is 0 Å². The zero-order valence-electron chi connectivity index (χ0n) is 10.1. The second-order valence-corrected chi connectivity index (χ2v) is 4.54. The SMILES string of the molecule is CC(C)(C(=O)N1CCOC(CO)C1)C(N)=NO. The summed E-state index contributed by atoms with van der Waals surface area (Å²) in [6, 6.07) is 0. The summed E-state index contributed by atoms with van der Waals surface area (Å²) in [5, 5.41) is 20.5. The fraction of sp³-hybridized carbons (Fsp3) is 0.800. The van der Waals surface area contributed by atoms with Crippen molar-refractivity contribution in [1.82, 2.24) is 4.90 Å². The van der Waals surface area contributed by atoms with Gasteiger partial charge in [0, 0.05) is 13.1 Å². The van der Waals surface area contributed by atoms with E-state index in [9.17, 15) is 4.79 Å². The number of amides is 1. The first-order valence-corrected chi connectivity index (χ1v) is 5.43. The van der Waals surface area contributed by atoms with Crippen molar-refractivity contribution in [2.24, 2.45) is 16.3 Å². The normalized spacial score (nSPS) is 22.6. The van der Waals surface area contributed by atoms with Gasteiger partial charge in [-0.15, -0.1) is 0 Å². The summed E-state index contributed by atoms with van der Waals surface area (Å²) in [4.78, 5) is 13.8. The summed E-state index contributed by atoms with van der Waals surface area (Å²) in [5.41, 5.74) is 4.43. The van der Waals surface area contributed by atoms with Crippen molar-refractivity contribution < 1.29 is 19.8 Å². The number of nitrogens with two attached hydrogens (primary N) is 1. The number of aliphatic hydroxyl groups is 1. The molecule has 1 saturated heterocycles. The fourth-order valence-corrected chi connectivity index (χ4v) is 1.64. The van der Waals surface area contributed by atoms with Crippen molar-refractivity contribution in [3.8, 4) is 0 Å². The van der Waals surface area contributed by atoms with E-state index in [0.29, 0.717) is 19.7 Å². The van der Waals surface area contributed by atoms with E-state index in [1.807, 2.05) is 0 Å². The second-order valence-electron chi connectivity index (χ2n) is 4.54. The number of nitrogens with zero attached hydrogens (tertiary/aromatic N) is 2. The summed E-state index contributed by atoms with van der Waals surface area (Å²) in [6.07, 6.45) is -0.365. The number of aliphatic hydroxyl groups excluding tert-OH is 1. The van der Waals surface area contributed by atoms with Crippen molar-refractivity contribution in [3.05, 3.63) is 0 Å². The molecule has 1 aliphatic rings. The number of hydrogen-bond acceptors (Lipinski definition) is 5. The van der Waals surface area contributed by atoms with E-state index in [0.717, 1.165) is 0 Å². The monoisotopic (exact) mass is 245 g/mol. The molecule has 0 aliphatic carbocycles. The van der Waals surface area contributed by atoms with Crippen LogP contribution in [0.25, 0.3) is 0 Å². The largest absolute Gasteiger partial charge is 0.409 e.